The van der Waals surface area contributed by atoms with E-state index in [9.17, 15) is 0 Å². The second-order valence-electron chi connectivity index (χ2n) is 12.7. The lowest BCUT2D eigenvalue weighted by Crippen LogP contribution is -2.25. The lowest BCUT2D eigenvalue weighted by atomic mass is 10.1. The molecule has 0 saturated heterocycles. The number of hydrogen-bond donors (Lipinski definition) is 0. The van der Waals surface area contributed by atoms with Gasteiger partial charge >= 0.3 is 0 Å². The average molecular weight is 695 g/mol. The van der Waals surface area contributed by atoms with Gasteiger partial charge in [0.25, 0.3) is 0 Å². The highest BCUT2D eigenvalue weighted by Crippen LogP contribution is 2.45. The van der Waals surface area contributed by atoms with Crippen molar-refractivity contribution >= 4 is 78.8 Å². The van der Waals surface area contributed by atoms with Crippen LogP contribution in [0.2, 0.25) is 0 Å². The van der Waals surface area contributed by atoms with Crippen molar-refractivity contribution in [3.63, 3.8) is 0 Å². The Morgan fingerprint density at radius 3 is 1.53 bits per heavy atom. The number of fused-ring (bicyclic) bond motifs is 4. The zero-order chi connectivity index (χ0) is 34.4. The molecule has 0 bridgehead atoms. The lowest BCUT2D eigenvalue weighted by Gasteiger charge is -2.21. The number of nitrogens with zero attached hydrogens (tertiary/aromatic N) is 2. The molecule has 1 unspecified atom stereocenters. The summed E-state index contributed by atoms with van der Waals surface area (Å²) in [5.41, 5.74) is 3.87. The lowest BCUT2D eigenvalue weighted by molar-refractivity contribution is 0.591. The van der Waals surface area contributed by atoms with E-state index in [4.69, 9.17) is 0 Å². The van der Waals surface area contributed by atoms with Gasteiger partial charge in [-0.3, -0.25) is 4.98 Å². The molecule has 0 fully saturated rings. The summed E-state index contributed by atoms with van der Waals surface area (Å²) in [7, 11) is -6.39. The summed E-state index contributed by atoms with van der Waals surface area (Å²) < 4.78 is 32.9. The predicted octanol–water partition coefficient (Wildman–Crippen LogP) is 8.61. The molecule has 0 aliphatic heterocycles. The molecule has 1 atom stereocenters. The van der Waals surface area contributed by atoms with Crippen molar-refractivity contribution < 1.29 is 9.13 Å². The Labute approximate surface area is 296 Å². The molecule has 0 N–H and O–H groups in total. The van der Waals surface area contributed by atoms with Gasteiger partial charge in [0, 0.05) is 59.9 Å². The van der Waals surface area contributed by atoms with Gasteiger partial charge in [-0.15, -0.1) is 0 Å². The fraction of sp³-hybridized carbons (Fsp3) is 0. The summed E-state index contributed by atoms with van der Waals surface area (Å²) in [6.07, 6.45) is 1.78. The van der Waals surface area contributed by atoms with E-state index in [2.05, 4.69) is 45.9 Å². The van der Waals surface area contributed by atoms with Crippen LogP contribution in [-0.2, 0) is 9.13 Å². The third kappa shape index (κ3) is 5.11. The first kappa shape index (κ1) is 31.2. The van der Waals surface area contributed by atoms with Crippen molar-refractivity contribution in [3.8, 4) is 5.69 Å². The van der Waals surface area contributed by atoms with Gasteiger partial charge in [0.05, 0.1) is 16.6 Å². The Balaban J connectivity index is 1.21. The molecule has 51 heavy (non-hydrogen) atoms. The standard InChI is InChI=1S/C45H32N2O2P2/c48-50(35-14-4-1-5-15-35,36-16-6-2-7-17-36)38-24-22-34(23-25-38)47-44-21-11-10-20-41(44)42-32-40(27-29-45(42)47)51(49,37-18-8-3-9-19-37)39-26-28-43-33(31-39)13-12-30-46-43/h1-32H. The van der Waals surface area contributed by atoms with Crippen molar-refractivity contribution in [1.82, 2.24) is 9.55 Å². The highest BCUT2D eigenvalue weighted by molar-refractivity contribution is 7.85. The van der Waals surface area contributed by atoms with E-state index < -0.39 is 14.3 Å². The van der Waals surface area contributed by atoms with Crippen LogP contribution in [0.1, 0.15) is 0 Å². The predicted molar refractivity (Wildman–Crippen MR) is 215 cm³/mol. The summed E-state index contributed by atoms with van der Waals surface area (Å²) >= 11 is 0. The van der Waals surface area contributed by atoms with Crippen LogP contribution in [0.15, 0.2) is 194 Å². The largest absolute Gasteiger partial charge is 0.309 e. The van der Waals surface area contributed by atoms with Crippen molar-refractivity contribution in [1.29, 1.82) is 0 Å². The van der Waals surface area contributed by atoms with Gasteiger partial charge in [-0.1, -0.05) is 115 Å². The minimum Gasteiger partial charge on any atom is -0.309 e. The maximum atomic E-state index is 15.6. The highest BCUT2D eigenvalue weighted by Gasteiger charge is 2.32. The number of hydrogen-bond acceptors (Lipinski definition) is 3. The van der Waals surface area contributed by atoms with Crippen LogP contribution < -0.4 is 31.8 Å². The molecule has 0 spiro atoms. The van der Waals surface area contributed by atoms with Gasteiger partial charge < -0.3 is 13.7 Å². The molecule has 0 saturated carbocycles. The smallest absolute Gasteiger partial charge is 0.171 e. The molecule has 7 aromatic carbocycles. The quantitative estimate of drug-likeness (QED) is 0.157. The number of rotatable bonds is 7. The number of aromatic nitrogens is 2. The summed E-state index contributed by atoms with van der Waals surface area (Å²) in [6.45, 7) is 0. The Kier molecular flexibility index (Phi) is 7.66. The van der Waals surface area contributed by atoms with E-state index in [-0.39, 0.29) is 0 Å². The molecular formula is C45H32N2O2P2. The molecule has 9 rings (SSSR count). The Hall–Kier alpha value is -5.79. The van der Waals surface area contributed by atoms with Gasteiger partial charge in [0.1, 0.15) is 0 Å². The fourth-order valence-corrected chi connectivity index (χ4v) is 12.6. The summed E-state index contributed by atoms with van der Waals surface area (Å²) in [5.74, 6) is 0. The Bertz CT molecular complexity index is 2750. The van der Waals surface area contributed by atoms with E-state index in [0.717, 1.165) is 70.2 Å². The topological polar surface area (TPSA) is 52.0 Å². The Morgan fingerprint density at radius 1 is 0.392 bits per heavy atom. The van der Waals surface area contributed by atoms with E-state index >= 15 is 9.13 Å². The van der Waals surface area contributed by atoms with Crippen molar-refractivity contribution in [3.05, 3.63) is 194 Å². The maximum absolute atomic E-state index is 15.6. The van der Waals surface area contributed by atoms with Gasteiger partial charge in [-0.05, 0) is 72.8 Å². The third-order valence-electron chi connectivity index (χ3n) is 9.80. The zero-order valence-electron chi connectivity index (χ0n) is 27.6. The van der Waals surface area contributed by atoms with E-state index in [1.165, 1.54) is 0 Å². The molecule has 0 radical (unpaired) electrons. The maximum Gasteiger partial charge on any atom is 0.171 e. The number of para-hydroxylation sites is 1. The summed E-state index contributed by atoms with van der Waals surface area (Å²) in [6, 6.07) is 61.8. The van der Waals surface area contributed by atoms with Crippen LogP contribution in [0.5, 0.6) is 0 Å². The fourth-order valence-electron chi connectivity index (χ4n) is 7.31. The van der Waals surface area contributed by atoms with Gasteiger partial charge in [-0.2, -0.15) is 0 Å². The molecule has 2 aromatic heterocycles. The molecule has 2 heterocycles. The van der Waals surface area contributed by atoms with Crippen molar-refractivity contribution in [2.45, 2.75) is 0 Å². The average Bonchev–Trinajstić information content (AvgIpc) is 3.55. The first-order valence-electron chi connectivity index (χ1n) is 16.9. The minimum atomic E-state index is -3.28. The van der Waals surface area contributed by atoms with Gasteiger partial charge in [0.15, 0.2) is 14.3 Å². The van der Waals surface area contributed by atoms with E-state index in [1.807, 2.05) is 152 Å². The van der Waals surface area contributed by atoms with Crippen LogP contribution in [0.4, 0.5) is 0 Å². The van der Waals surface area contributed by atoms with Crippen LogP contribution in [0, 0.1) is 0 Å². The zero-order valence-corrected chi connectivity index (χ0v) is 29.4. The van der Waals surface area contributed by atoms with E-state index in [1.54, 1.807) is 6.20 Å². The summed E-state index contributed by atoms with van der Waals surface area (Å²) in [4.78, 5) is 4.50. The van der Waals surface area contributed by atoms with Crippen LogP contribution >= 0.6 is 14.3 Å². The number of benzene rings is 7. The van der Waals surface area contributed by atoms with Gasteiger partial charge in [0.2, 0.25) is 0 Å². The first-order chi connectivity index (χ1) is 25.0. The van der Waals surface area contributed by atoms with E-state index in [0.29, 0.717) is 0 Å². The third-order valence-corrected chi connectivity index (χ3v) is 15.9. The molecule has 0 amide bonds. The SMILES string of the molecule is O=P(c1ccccc1)(c1ccccc1)c1ccc(-n2c3ccccc3c3cc(P(=O)(c4ccccc4)c4ccc5ncccc5c4)ccc32)cc1. The Morgan fingerprint density at radius 2 is 0.882 bits per heavy atom. The first-order valence-corrected chi connectivity index (χ1v) is 20.3. The molecule has 6 heteroatoms. The van der Waals surface area contributed by atoms with Gasteiger partial charge in [-0.25, -0.2) is 0 Å². The van der Waals surface area contributed by atoms with Crippen LogP contribution in [0.25, 0.3) is 38.4 Å². The van der Waals surface area contributed by atoms with Crippen LogP contribution in [-0.4, -0.2) is 9.55 Å². The van der Waals surface area contributed by atoms with Crippen molar-refractivity contribution in [2.24, 2.45) is 0 Å². The number of pyridine rings is 1. The molecule has 4 nitrogen and oxygen atoms in total. The molecule has 0 aliphatic carbocycles. The highest BCUT2D eigenvalue weighted by atomic mass is 31.2. The second-order valence-corrected chi connectivity index (χ2v) is 18.2. The summed E-state index contributed by atoms with van der Waals surface area (Å²) in [5, 5.41) is 7.76. The molecule has 0 aliphatic rings. The van der Waals surface area contributed by atoms with Crippen molar-refractivity contribution in [2.75, 3.05) is 0 Å². The molecule has 244 valence electrons. The molecule has 9 aromatic rings. The van der Waals surface area contributed by atoms with Crippen LogP contribution in [0.3, 0.4) is 0 Å². The normalized spacial score (nSPS) is 13.0. The monoisotopic (exact) mass is 694 g/mol. The minimum absolute atomic E-state index is 0.772. The second kappa shape index (κ2) is 12.5. The molecular weight excluding hydrogens is 662 g/mol.